The first-order valence-corrected chi connectivity index (χ1v) is 7.07. The lowest BCUT2D eigenvalue weighted by atomic mass is 10.3. The number of hydrazine groups is 1. The molecule has 0 fully saturated rings. The number of para-hydroxylation sites is 1. The highest BCUT2D eigenvalue weighted by Crippen LogP contribution is 2.04. The van der Waals surface area contributed by atoms with Crippen molar-refractivity contribution in [3.63, 3.8) is 0 Å². The molecule has 0 aliphatic heterocycles. The van der Waals surface area contributed by atoms with Crippen LogP contribution in [0.5, 0.6) is 0 Å². The number of ether oxygens (including phenoxy) is 1. The molecule has 0 saturated carbocycles. The Hall–Kier alpha value is -3.26. The van der Waals surface area contributed by atoms with E-state index in [2.05, 4.69) is 21.2 Å². The lowest BCUT2D eigenvalue weighted by Crippen LogP contribution is -2.43. The van der Waals surface area contributed by atoms with Crippen LogP contribution in [0.25, 0.3) is 0 Å². The lowest BCUT2D eigenvalue weighted by molar-refractivity contribution is -0.129. The molecule has 1 aromatic carbocycles. The molecule has 0 spiro atoms. The number of aromatic nitrogens is 1. The minimum Gasteiger partial charge on any atom is -0.362 e. The molecule has 3 amide bonds. The van der Waals surface area contributed by atoms with Gasteiger partial charge in [0, 0.05) is 18.1 Å². The van der Waals surface area contributed by atoms with E-state index in [1.165, 1.54) is 12.4 Å². The van der Waals surface area contributed by atoms with E-state index in [0.29, 0.717) is 11.3 Å². The normalized spacial score (nSPS) is 9.83. The van der Waals surface area contributed by atoms with Gasteiger partial charge in [0.15, 0.2) is 0 Å². The Balaban J connectivity index is 1.63. The van der Waals surface area contributed by atoms with Crippen molar-refractivity contribution in [2.45, 2.75) is 0 Å². The van der Waals surface area contributed by atoms with Crippen LogP contribution in [0.1, 0.15) is 10.4 Å². The summed E-state index contributed by atoms with van der Waals surface area (Å²) in [6.45, 7) is -0.644. The van der Waals surface area contributed by atoms with Gasteiger partial charge >= 0.3 is 0 Å². The van der Waals surface area contributed by atoms with Crippen LogP contribution in [0.2, 0.25) is 0 Å². The Morgan fingerprint density at radius 3 is 2.38 bits per heavy atom. The van der Waals surface area contributed by atoms with Crippen LogP contribution >= 0.6 is 0 Å². The highest BCUT2D eigenvalue weighted by atomic mass is 16.5. The van der Waals surface area contributed by atoms with Gasteiger partial charge in [-0.25, -0.2) is 0 Å². The molecular weight excluding hydrogens is 312 g/mol. The molecule has 0 radical (unpaired) electrons. The third-order valence-electron chi connectivity index (χ3n) is 2.76. The van der Waals surface area contributed by atoms with Gasteiger partial charge in [-0.2, -0.15) is 0 Å². The summed E-state index contributed by atoms with van der Waals surface area (Å²) >= 11 is 0. The molecular formula is C16H16N4O4. The summed E-state index contributed by atoms with van der Waals surface area (Å²) in [6.07, 6.45) is 2.90. The molecule has 124 valence electrons. The fourth-order valence-corrected chi connectivity index (χ4v) is 1.69. The van der Waals surface area contributed by atoms with Crippen molar-refractivity contribution in [2.75, 3.05) is 18.5 Å². The monoisotopic (exact) mass is 328 g/mol. The molecule has 0 bridgehead atoms. The minimum absolute atomic E-state index is 0.279. The zero-order chi connectivity index (χ0) is 17.2. The van der Waals surface area contributed by atoms with Gasteiger partial charge in [-0.1, -0.05) is 18.2 Å². The number of nitrogens with zero attached hydrogens (tertiary/aromatic N) is 1. The molecule has 2 rings (SSSR count). The van der Waals surface area contributed by atoms with Crippen LogP contribution < -0.4 is 16.2 Å². The van der Waals surface area contributed by atoms with Crippen molar-refractivity contribution in [1.82, 2.24) is 15.8 Å². The van der Waals surface area contributed by atoms with Crippen molar-refractivity contribution >= 4 is 23.4 Å². The summed E-state index contributed by atoms with van der Waals surface area (Å²) in [6, 6.07) is 12.0. The third-order valence-corrected chi connectivity index (χ3v) is 2.76. The Bertz CT molecular complexity index is 692. The molecule has 1 aromatic heterocycles. The van der Waals surface area contributed by atoms with Crippen LogP contribution in [0.15, 0.2) is 54.9 Å². The highest BCUT2D eigenvalue weighted by molar-refractivity contribution is 5.95. The van der Waals surface area contributed by atoms with E-state index in [4.69, 9.17) is 4.74 Å². The summed E-state index contributed by atoms with van der Waals surface area (Å²) in [4.78, 5) is 38.6. The molecule has 1 heterocycles. The molecule has 24 heavy (non-hydrogen) atoms. The Kier molecular flexibility index (Phi) is 6.42. The van der Waals surface area contributed by atoms with Gasteiger partial charge < -0.3 is 10.1 Å². The van der Waals surface area contributed by atoms with Gasteiger partial charge in [0.05, 0.1) is 5.56 Å². The summed E-state index contributed by atoms with van der Waals surface area (Å²) in [5.41, 5.74) is 5.34. The van der Waals surface area contributed by atoms with E-state index < -0.39 is 11.8 Å². The number of anilines is 1. The van der Waals surface area contributed by atoms with Crippen LogP contribution in [0.3, 0.4) is 0 Å². The van der Waals surface area contributed by atoms with Crippen LogP contribution in [0, 0.1) is 0 Å². The Labute approximate surface area is 138 Å². The molecule has 0 unspecified atom stereocenters. The fraction of sp³-hybridized carbons (Fsp3) is 0.125. The van der Waals surface area contributed by atoms with E-state index in [-0.39, 0.29) is 19.1 Å². The smallest absolute Gasteiger partial charge is 0.271 e. The quantitative estimate of drug-likeness (QED) is 0.669. The molecule has 3 N–H and O–H groups in total. The Morgan fingerprint density at radius 2 is 1.67 bits per heavy atom. The first kappa shape index (κ1) is 17.1. The van der Waals surface area contributed by atoms with E-state index in [0.717, 1.165) is 0 Å². The van der Waals surface area contributed by atoms with Gasteiger partial charge in [-0.05, 0) is 24.3 Å². The number of carbonyl (C=O) groups excluding carboxylic acids is 3. The third kappa shape index (κ3) is 5.85. The van der Waals surface area contributed by atoms with Crippen LogP contribution in [-0.4, -0.2) is 35.9 Å². The summed E-state index contributed by atoms with van der Waals surface area (Å²) in [5, 5.41) is 2.62. The average Bonchev–Trinajstić information content (AvgIpc) is 2.61. The number of hydrogen-bond acceptors (Lipinski definition) is 5. The van der Waals surface area contributed by atoms with Gasteiger partial charge in [0.1, 0.15) is 13.2 Å². The maximum absolute atomic E-state index is 11.7. The zero-order valence-electron chi connectivity index (χ0n) is 12.7. The average molecular weight is 328 g/mol. The predicted octanol–water partition coefficient (Wildman–Crippen LogP) is 0.498. The fourth-order valence-electron chi connectivity index (χ4n) is 1.69. The number of nitrogens with one attached hydrogen (secondary N) is 3. The number of amides is 3. The van der Waals surface area contributed by atoms with Crippen molar-refractivity contribution in [1.29, 1.82) is 0 Å². The molecule has 8 nitrogen and oxygen atoms in total. The number of hydrogen-bond donors (Lipinski definition) is 3. The largest absolute Gasteiger partial charge is 0.362 e. The van der Waals surface area contributed by atoms with Crippen LogP contribution in [-0.2, 0) is 14.3 Å². The van der Waals surface area contributed by atoms with E-state index in [1.807, 2.05) is 6.07 Å². The van der Waals surface area contributed by atoms with Gasteiger partial charge in [-0.3, -0.25) is 30.2 Å². The zero-order valence-corrected chi connectivity index (χ0v) is 12.7. The number of benzene rings is 1. The molecule has 0 aliphatic rings. The first-order chi connectivity index (χ1) is 11.6. The van der Waals surface area contributed by atoms with Crippen molar-refractivity contribution < 1.29 is 19.1 Å². The van der Waals surface area contributed by atoms with Gasteiger partial charge in [-0.15, -0.1) is 0 Å². The van der Waals surface area contributed by atoms with Crippen molar-refractivity contribution in [3.8, 4) is 0 Å². The van der Waals surface area contributed by atoms with E-state index in [1.54, 1.807) is 36.4 Å². The first-order valence-electron chi connectivity index (χ1n) is 7.07. The van der Waals surface area contributed by atoms with E-state index in [9.17, 15) is 14.4 Å². The molecule has 0 saturated heterocycles. The second-order valence-corrected chi connectivity index (χ2v) is 4.65. The SMILES string of the molecule is O=C(COCC(=O)Nc1ccccc1)NNC(=O)c1cccnc1. The molecule has 0 aliphatic carbocycles. The van der Waals surface area contributed by atoms with Gasteiger partial charge in [0.25, 0.3) is 11.8 Å². The van der Waals surface area contributed by atoms with Crippen LogP contribution in [0.4, 0.5) is 5.69 Å². The summed E-state index contributed by atoms with van der Waals surface area (Å²) in [7, 11) is 0. The Morgan fingerprint density at radius 1 is 0.917 bits per heavy atom. The van der Waals surface area contributed by atoms with Gasteiger partial charge in [0.2, 0.25) is 5.91 Å². The standard InChI is InChI=1S/C16H16N4O4/c21-14(18-13-6-2-1-3-7-13)10-24-11-15(22)19-20-16(23)12-5-4-8-17-9-12/h1-9H,10-11H2,(H,18,21)(H,19,22)(H,20,23). The number of pyridine rings is 1. The maximum Gasteiger partial charge on any atom is 0.271 e. The number of rotatable bonds is 6. The van der Waals surface area contributed by atoms with Crippen molar-refractivity contribution in [2.24, 2.45) is 0 Å². The number of carbonyl (C=O) groups is 3. The maximum atomic E-state index is 11.7. The van der Waals surface area contributed by atoms with Crippen molar-refractivity contribution in [3.05, 3.63) is 60.4 Å². The summed E-state index contributed by atoms with van der Waals surface area (Å²) in [5.74, 6) is -1.47. The highest BCUT2D eigenvalue weighted by Gasteiger charge is 2.08. The molecule has 0 atom stereocenters. The second kappa shape index (κ2) is 9.01. The van der Waals surface area contributed by atoms with E-state index >= 15 is 0 Å². The molecule has 8 heteroatoms. The summed E-state index contributed by atoms with van der Waals surface area (Å²) < 4.78 is 4.98. The minimum atomic E-state index is -0.584. The second-order valence-electron chi connectivity index (χ2n) is 4.65. The lowest BCUT2D eigenvalue weighted by Gasteiger charge is -2.08. The molecule has 2 aromatic rings. The topological polar surface area (TPSA) is 109 Å². The predicted molar refractivity (Wildman–Crippen MR) is 85.7 cm³/mol.